The highest BCUT2D eigenvalue weighted by Crippen LogP contribution is 2.35. The lowest BCUT2D eigenvalue weighted by Gasteiger charge is -2.34. The highest BCUT2D eigenvalue weighted by molar-refractivity contribution is 6.28. The molecular formula is C22H33ClN6. The third-order valence-corrected chi connectivity index (χ3v) is 7.55. The Bertz CT molecular complexity index is 816. The minimum Gasteiger partial charge on any atom is -0.312 e. The van der Waals surface area contributed by atoms with Gasteiger partial charge in [-0.1, -0.05) is 44.9 Å². The number of hydrogen-bond acceptors (Lipinski definition) is 5. The first-order valence-corrected chi connectivity index (χ1v) is 12.1. The van der Waals surface area contributed by atoms with Crippen LogP contribution in [0.1, 0.15) is 83.1 Å². The van der Waals surface area contributed by atoms with Crippen molar-refractivity contribution in [3.05, 3.63) is 11.6 Å². The summed E-state index contributed by atoms with van der Waals surface area (Å²) in [7, 11) is 0. The second-order valence-corrected chi connectivity index (χ2v) is 9.72. The number of hydrogen-bond donors (Lipinski definition) is 1. The van der Waals surface area contributed by atoms with Gasteiger partial charge in [-0.3, -0.25) is 0 Å². The molecule has 158 valence electrons. The largest absolute Gasteiger partial charge is 0.312 e. The Morgan fingerprint density at radius 3 is 2.34 bits per heavy atom. The number of imidazole rings is 1. The standard InChI is InChI=1S/C22H33ClN6/c23-22-25-20(19-21(26-22)29(15-24-19)18-8-4-5-9-18)27-28-12-10-17(11-13-28)14-16-6-2-1-3-7-16/h15-18H,1-14H2,(H,25,26,27). The third-order valence-electron chi connectivity index (χ3n) is 7.38. The van der Waals surface area contributed by atoms with Gasteiger partial charge in [0.1, 0.15) is 0 Å². The van der Waals surface area contributed by atoms with E-state index in [-0.39, 0.29) is 0 Å². The SMILES string of the molecule is Clc1nc(NN2CCC(CC3CCCCC3)CC2)c2ncn(C3CCCC3)c2n1. The molecule has 6 nitrogen and oxygen atoms in total. The van der Waals surface area contributed by atoms with Gasteiger partial charge in [0, 0.05) is 19.1 Å². The zero-order valence-electron chi connectivity index (χ0n) is 17.3. The smallest absolute Gasteiger partial charge is 0.226 e. The molecule has 0 spiro atoms. The van der Waals surface area contributed by atoms with Crippen LogP contribution in [0.2, 0.25) is 5.28 Å². The summed E-state index contributed by atoms with van der Waals surface area (Å²) in [6.07, 6.45) is 18.1. The van der Waals surface area contributed by atoms with E-state index >= 15 is 0 Å². The van der Waals surface area contributed by atoms with Gasteiger partial charge in [-0.15, -0.1) is 0 Å². The summed E-state index contributed by atoms with van der Waals surface area (Å²) in [6, 6.07) is 0.495. The summed E-state index contributed by atoms with van der Waals surface area (Å²) in [6.45, 7) is 2.12. The molecule has 2 saturated carbocycles. The quantitative estimate of drug-likeness (QED) is 0.642. The van der Waals surface area contributed by atoms with E-state index in [0.29, 0.717) is 11.3 Å². The Hall–Kier alpha value is -1.40. The van der Waals surface area contributed by atoms with Crippen molar-refractivity contribution in [1.29, 1.82) is 0 Å². The fourth-order valence-corrected chi connectivity index (χ4v) is 5.91. The molecule has 2 aliphatic carbocycles. The van der Waals surface area contributed by atoms with Crippen LogP contribution in [0.3, 0.4) is 0 Å². The van der Waals surface area contributed by atoms with Gasteiger partial charge in [0.05, 0.1) is 6.33 Å². The molecular weight excluding hydrogens is 384 g/mol. The molecule has 7 heteroatoms. The van der Waals surface area contributed by atoms with Gasteiger partial charge in [-0.05, 0) is 55.5 Å². The van der Waals surface area contributed by atoms with E-state index in [0.717, 1.165) is 41.9 Å². The second-order valence-electron chi connectivity index (χ2n) is 9.39. The van der Waals surface area contributed by atoms with Crippen molar-refractivity contribution in [2.24, 2.45) is 11.8 Å². The topological polar surface area (TPSA) is 58.9 Å². The summed E-state index contributed by atoms with van der Waals surface area (Å²) in [4.78, 5) is 13.6. The van der Waals surface area contributed by atoms with Gasteiger partial charge in [0.25, 0.3) is 0 Å². The number of aromatic nitrogens is 4. The van der Waals surface area contributed by atoms with Crippen molar-refractivity contribution in [3.8, 4) is 0 Å². The van der Waals surface area contributed by atoms with Crippen LogP contribution in [0, 0.1) is 11.8 Å². The molecule has 2 aromatic rings. The minimum atomic E-state index is 0.298. The third kappa shape index (κ3) is 4.38. The van der Waals surface area contributed by atoms with Gasteiger partial charge in [-0.25, -0.2) is 9.99 Å². The fourth-order valence-electron chi connectivity index (χ4n) is 5.74. The molecule has 2 aromatic heterocycles. The maximum absolute atomic E-state index is 6.29. The van der Waals surface area contributed by atoms with Crippen molar-refractivity contribution < 1.29 is 0 Å². The lowest BCUT2D eigenvalue weighted by Crippen LogP contribution is -2.38. The number of piperidine rings is 1. The zero-order valence-corrected chi connectivity index (χ0v) is 18.1. The molecule has 0 atom stereocenters. The van der Waals surface area contributed by atoms with E-state index < -0.39 is 0 Å². The predicted molar refractivity (Wildman–Crippen MR) is 117 cm³/mol. The first-order chi connectivity index (χ1) is 14.3. The summed E-state index contributed by atoms with van der Waals surface area (Å²) in [5.74, 6) is 2.61. The molecule has 3 fully saturated rings. The van der Waals surface area contributed by atoms with Crippen LogP contribution in [0.25, 0.3) is 11.2 Å². The fraction of sp³-hybridized carbons (Fsp3) is 0.773. The van der Waals surface area contributed by atoms with Gasteiger partial charge >= 0.3 is 0 Å². The maximum Gasteiger partial charge on any atom is 0.226 e. The number of hydrazine groups is 1. The average molecular weight is 417 g/mol. The van der Waals surface area contributed by atoms with E-state index in [9.17, 15) is 0 Å². The van der Waals surface area contributed by atoms with E-state index in [1.54, 1.807) is 0 Å². The molecule has 0 aromatic carbocycles. The van der Waals surface area contributed by atoms with Crippen LogP contribution >= 0.6 is 11.6 Å². The number of nitrogens with zero attached hydrogens (tertiary/aromatic N) is 5. The molecule has 0 radical (unpaired) electrons. The number of rotatable bonds is 5. The average Bonchev–Trinajstić information content (AvgIpc) is 3.40. The van der Waals surface area contributed by atoms with E-state index in [1.165, 1.54) is 77.0 Å². The molecule has 1 N–H and O–H groups in total. The monoisotopic (exact) mass is 416 g/mol. The van der Waals surface area contributed by atoms with E-state index in [4.69, 9.17) is 11.6 Å². The summed E-state index contributed by atoms with van der Waals surface area (Å²) in [5, 5.41) is 2.59. The lowest BCUT2D eigenvalue weighted by atomic mass is 9.80. The predicted octanol–water partition coefficient (Wildman–Crippen LogP) is 5.60. The van der Waals surface area contributed by atoms with Crippen molar-refractivity contribution in [2.75, 3.05) is 18.5 Å². The number of halogens is 1. The molecule has 1 saturated heterocycles. The molecule has 0 bridgehead atoms. The first kappa shape index (κ1) is 19.6. The van der Waals surface area contributed by atoms with Crippen LogP contribution in [-0.2, 0) is 0 Å². The van der Waals surface area contributed by atoms with Crippen LogP contribution in [0.4, 0.5) is 5.82 Å². The minimum absolute atomic E-state index is 0.298. The van der Waals surface area contributed by atoms with Gasteiger partial charge in [0.2, 0.25) is 5.28 Å². The van der Waals surface area contributed by atoms with Crippen LogP contribution in [0.5, 0.6) is 0 Å². The van der Waals surface area contributed by atoms with Gasteiger partial charge in [-0.2, -0.15) is 9.97 Å². The summed E-state index contributed by atoms with van der Waals surface area (Å²) < 4.78 is 2.21. The molecule has 29 heavy (non-hydrogen) atoms. The van der Waals surface area contributed by atoms with Gasteiger partial charge in [0.15, 0.2) is 17.0 Å². The Morgan fingerprint density at radius 2 is 1.59 bits per heavy atom. The first-order valence-electron chi connectivity index (χ1n) is 11.7. The maximum atomic E-state index is 6.29. The van der Waals surface area contributed by atoms with Crippen molar-refractivity contribution >= 4 is 28.6 Å². The Balaban J connectivity index is 1.24. The molecule has 0 amide bonds. The zero-order chi connectivity index (χ0) is 19.6. The summed E-state index contributed by atoms with van der Waals surface area (Å²) >= 11 is 6.29. The Morgan fingerprint density at radius 1 is 0.897 bits per heavy atom. The van der Waals surface area contributed by atoms with Crippen LogP contribution in [-0.4, -0.2) is 37.6 Å². The Kier molecular flexibility index (Phi) is 5.91. The normalized spacial score (nSPS) is 23.2. The van der Waals surface area contributed by atoms with E-state index in [1.807, 2.05) is 6.33 Å². The molecule has 3 heterocycles. The molecule has 3 aliphatic rings. The lowest BCUT2D eigenvalue weighted by molar-refractivity contribution is 0.180. The van der Waals surface area contributed by atoms with Crippen molar-refractivity contribution in [1.82, 2.24) is 24.5 Å². The Labute approximate surface area is 178 Å². The van der Waals surface area contributed by atoms with Crippen LogP contribution < -0.4 is 5.43 Å². The summed E-state index contributed by atoms with van der Waals surface area (Å²) in [5.41, 5.74) is 5.22. The van der Waals surface area contributed by atoms with Crippen LogP contribution in [0.15, 0.2) is 6.33 Å². The molecule has 0 unspecified atom stereocenters. The molecule has 5 rings (SSSR count). The molecule has 1 aliphatic heterocycles. The second kappa shape index (κ2) is 8.76. The van der Waals surface area contributed by atoms with Crippen molar-refractivity contribution in [3.63, 3.8) is 0 Å². The number of anilines is 1. The van der Waals surface area contributed by atoms with Crippen molar-refractivity contribution in [2.45, 2.75) is 83.1 Å². The number of fused-ring (bicyclic) bond motifs is 1. The van der Waals surface area contributed by atoms with E-state index in [2.05, 4.69) is 30.0 Å². The highest BCUT2D eigenvalue weighted by atomic mass is 35.5. The van der Waals surface area contributed by atoms with Gasteiger partial charge < -0.3 is 9.99 Å². The number of nitrogens with one attached hydrogen (secondary N) is 1. The highest BCUT2D eigenvalue weighted by Gasteiger charge is 2.25.